The van der Waals surface area contributed by atoms with Crippen LogP contribution >= 0.6 is 15.9 Å². The molecular formula is C15H11BrN2O. The van der Waals surface area contributed by atoms with E-state index in [4.69, 9.17) is 11.2 Å². The molecule has 0 fully saturated rings. The Hall–Kier alpha value is -2.12. The maximum Gasteiger partial charge on any atom is 0.120 e. The summed E-state index contributed by atoms with van der Waals surface area (Å²) in [5.41, 5.74) is 2.06. The summed E-state index contributed by atoms with van der Waals surface area (Å²) in [5.74, 6) is 3.28. The molecule has 0 unspecified atom stereocenters. The van der Waals surface area contributed by atoms with Crippen molar-refractivity contribution in [1.82, 2.24) is 0 Å². The SMILES string of the molecule is C#Cc1cc(OC)ccc1N=Nc1ccc(Br)cc1. The fourth-order valence-electron chi connectivity index (χ4n) is 1.46. The van der Waals surface area contributed by atoms with Crippen molar-refractivity contribution >= 4 is 27.3 Å². The number of hydrogen-bond acceptors (Lipinski definition) is 3. The highest BCUT2D eigenvalue weighted by Gasteiger charge is 2.01. The van der Waals surface area contributed by atoms with Crippen molar-refractivity contribution in [2.24, 2.45) is 10.2 Å². The smallest absolute Gasteiger partial charge is 0.120 e. The highest BCUT2D eigenvalue weighted by Crippen LogP contribution is 2.26. The second-order valence-electron chi connectivity index (χ2n) is 3.70. The van der Waals surface area contributed by atoms with Gasteiger partial charge in [-0.25, -0.2) is 0 Å². The molecule has 2 rings (SSSR count). The van der Waals surface area contributed by atoms with E-state index in [1.807, 2.05) is 24.3 Å². The Morgan fingerprint density at radius 1 is 1.11 bits per heavy atom. The number of halogens is 1. The molecule has 0 spiro atoms. The number of azo groups is 1. The molecule has 0 amide bonds. The van der Waals surface area contributed by atoms with Gasteiger partial charge >= 0.3 is 0 Å². The predicted molar refractivity (Wildman–Crippen MR) is 79.2 cm³/mol. The Bertz CT molecular complexity index is 642. The molecule has 2 aromatic carbocycles. The standard InChI is InChI=1S/C15H11BrN2O/c1-3-11-10-14(19-2)8-9-15(11)18-17-13-6-4-12(16)5-7-13/h1,4-10H,2H3. The normalized spacial score (nSPS) is 10.4. The lowest BCUT2D eigenvalue weighted by Gasteiger charge is -2.02. The molecule has 0 N–H and O–H groups in total. The Morgan fingerprint density at radius 2 is 1.84 bits per heavy atom. The van der Waals surface area contributed by atoms with Gasteiger partial charge < -0.3 is 4.74 Å². The minimum atomic E-state index is 0.645. The lowest BCUT2D eigenvalue weighted by atomic mass is 10.2. The van der Waals surface area contributed by atoms with Crippen LogP contribution in [0, 0.1) is 12.3 Å². The molecule has 0 aromatic heterocycles. The molecule has 2 aromatic rings. The highest BCUT2D eigenvalue weighted by molar-refractivity contribution is 9.10. The van der Waals surface area contributed by atoms with Gasteiger partial charge in [-0.15, -0.1) is 11.5 Å². The largest absolute Gasteiger partial charge is 0.497 e. The number of hydrogen-bond donors (Lipinski definition) is 0. The van der Waals surface area contributed by atoms with Crippen molar-refractivity contribution in [2.75, 3.05) is 7.11 Å². The van der Waals surface area contributed by atoms with Gasteiger partial charge in [0.2, 0.25) is 0 Å². The van der Waals surface area contributed by atoms with Gasteiger partial charge in [-0.3, -0.25) is 0 Å². The first-order chi connectivity index (χ1) is 9.22. The van der Waals surface area contributed by atoms with Gasteiger partial charge in [0.15, 0.2) is 0 Å². The quantitative estimate of drug-likeness (QED) is 0.588. The Kier molecular flexibility index (Phi) is 4.32. The molecule has 0 bridgehead atoms. The molecular weight excluding hydrogens is 304 g/mol. The molecule has 3 nitrogen and oxygen atoms in total. The minimum Gasteiger partial charge on any atom is -0.497 e. The molecule has 0 aliphatic rings. The van der Waals surface area contributed by atoms with Gasteiger partial charge in [0.05, 0.1) is 18.4 Å². The van der Waals surface area contributed by atoms with Crippen LogP contribution in [0.15, 0.2) is 57.2 Å². The molecule has 0 saturated heterocycles. The van der Waals surface area contributed by atoms with E-state index in [1.54, 1.807) is 25.3 Å². The first-order valence-electron chi connectivity index (χ1n) is 5.55. The molecule has 0 aliphatic carbocycles. The Morgan fingerprint density at radius 3 is 2.47 bits per heavy atom. The van der Waals surface area contributed by atoms with Crippen molar-refractivity contribution in [2.45, 2.75) is 0 Å². The first kappa shape index (κ1) is 13.3. The van der Waals surface area contributed by atoms with Crippen molar-refractivity contribution in [3.63, 3.8) is 0 Å². The van der Waals surface area contributed by atoms with Crippen molar-refractivity contribution in [1.29, 1.82) is 0 Å². The zero-order chi connectivity index (χ0) is 13.7. The van der Waals surface area contributed by atoms with Crippen LogP contribution < -0.4 is 4.74 Å². The second kappa shape index (κ2) is 6.17. The van der Waals surface area contributed by atoms with E-state index in [9.17, 15) is 0 Å². The lowest BCUT2D eigenvalue weighted by molar-refractivity contribution is 0.414. The second-order valence-corrected chi connectivity index (χ2v) is 4.62. The van der Waals surface area contributed by atoms with Crippen LogP contribution in [-0.4, -0.2) is 7.11 Å². The predicted octanol–water partition coefficient (Wildman–Crippen LogP) is 4.85. The number of methoxy groups -OCH3 is 1. The summed E-state index contributed by atoms with van der Waals surface area (Å²) < 4.78 is 6.11. The van der Waals surface area contributed by atoms with Crippen LogP contribution in [0.4, 0.5) is 11.4 Å². The van der Waals surface area contributed by atoms with E-state index in [2.05, 4.69) is 32.1 Å². The van der Waals surface area contributed by atoms with Gasteiger partial charge in [0, 0.05) is 4.47 Å². The van der Waals surface area contributed by atoms with Crippen LogP contribution in [0.1, 0.15) is 5.56 Å². The minimum absolute atomic E-state index is 0.645. The zero-order valence-electron chi connectivity index (χ0n) is 10.3. The monoisotopic (exact) mass is 314 g/mol. The van der Waals surface area contributed by atoms with Crippen molar-refractivity contribution in [3.8, 4) is 18.1 Å². The average molecular weight is 315 g/mol. The summed E-state index contributed by atoms with van der Waals surface area (Å²) in [6.07, 6.45) is 5.45. The first-order valence-corrected chi connectivity index (χ1v) is 6.34. The summed E-state index contributed by atoms with van der Waals surface area (Å²) in [6, 6.07) is 12.9. The van der Waals surface area contributed by atoms with E-state index < -0.39 is 0 Å². The number of benzene rings is 2. The Labute approximate surface area is 120 Å². The van der Waals surface area contributed by atoms with E-state index >= 15 is 0 Å². The third-order valence-electron chi connectivity index (χ3n) is 2.46. The zero-order valence-corrected chi connectivity index (χ0v) is 11.9. The Balaban J connectivity index is 2.28. The van der Waals surface area contributed by atoms with Gasteiger partial charge in [-0.1, -0.05) is 21.9 Å². The lowest BCUT2D eigenvalue weighted by Crippen LogP contribution is -1.83. The van der Waals surface area contributed by atoms with Crippen molar-refractivity contribution < 1.29 is 4.74 Å². The van der Waals surface area contributed by atoms with Crippen LogP contribution in [0.3, 0.4) is 0 Å². The van der Waals surface area contributed by atoms with Crippen molar-refractivity contribution in [3.05, 3.63) is 52.5 Å². The van der Waals surface area contributed by atoms with E-state index in [0.29, 0.717) is 17.0 Å². The summed E-state index contributed by atoms with van der Waals surface area (Å²) in [7, 11) is 1.60. The summed E-state index contributed by atoms with van der Waals surface area (Å²) in [6.45, 7) is 0. The van der Waals surface area contributed by atoms with E-state index in [-0.39, 0.29) is 0 Å². The molecule has 94 valence electrons. The molecule has 0 saturated carbocycles. The van der Waals surface area contributed by atoms with Crippen LogP contribution in [0.2, 0.25) is 0 Å². The third-order valence-corrected chi connectivity index (χ3v) is 2.99. The van der Waals surface area contributed by atoms with Crippen LogP contribution in [0.25, 0.3) is 0 Å². The summed E-state index contributed by atoms with van der Waals surface area (Å²) >= 11 is 3.37. The maximum absolute atomic E-state index is 5.45. The fourth-order valence-corrected chi connectivity index (χ4v) is 1.73. The number of nitrogens with zero attached hydrogens (tertiary/aromatic N) is 2. The van der Waals surface area contributed by atoms with E-state index in [1.165, 1.54) is 0 Å². The molecule has 0 aliphatic heterocycles. The average Bonchev–Trinajstić information content (AvgIpc) is 2.46. The third kappa shape index (κ3) is 3.43. The molecule has 0 radical (unpaired) electrons. The van der Waals surface area contributed by atoms with Gasteiger partial charge in [-0.05, 0) is 42.5 Å². The van der Waals surface area contributed by atoms with Gasteiger partial charge in [0.1, 0.15) is 11.4 Å². The molecule has 4 heteroatoms. The van der Waals surface area contributed by atoms with Gasteiger partial charge in [0.25, 0.3) is 0 Å². The number of terminal acetylenes is 1. The summed E-state index contributed by atoms with van der Waals surface area (Å²) in [4.78, 5) is 0. The van der Waals surface area contributed by atoms with Crippen LogP contribution in [0.5, 0.6) is 5.75 Å². The van der Waals surface area contributed by atoms with Gasteiger partial charge in [-0.2, -0.15) is 5.11 Å². The summed E-state index contributed by atoms with van der Waals surface area (Å²) in [5, 5.41) is 8.31. The fraction of sp³-hybridized carbons (Fsp3) is 0.0667. The molecule has 0 heterocycles. The number of rotatable bonds is 3. The van der Waals surface area contributed by atoms with Crippen LogP contribution in [-0.2, 0) is 0 Å². The highest BCUT2D eigenvalue weighted by atomic mass is 79.9. The number of ether oxygens (including phenoxy) is 1. The maximum atomic E-state index is 5.45. The topological polar surface area (TPSA) is 34.0 Å². The van der Waals surface area contributed by atoms with E-state index in [0.717, 1.165) is 10.2 Å². The molecule has 0 atom stereocenters. The molecule has 19 heavy (non-hydrogen) atoms.